The summed E-state index contributed by atoms with van der Waals surface area (Å²) in [5, 5.41) is 0. The normalized spacial score (nSPS) is 15.8. The van der Waals surface area contributed by atoms with E-state index in [1.54, 1.807) is 0 Å². The lowest BCUT2D eigenvalue weighted by Crippen LogP contribution is -2.20. The molecule has 114 valence electrons. The Hall–Kier alpha value is -2.09. The zero-order valence-corrected chi connectivity index (χ0v) is 14.0. The van der Waals surface area contributed by atoms with Crippen molar-refractivity contribution in [3.8, 4) is 0 Å². The molecule has 0 saturated heterocycles. The van der Waals surface area contributed by atoms with Crippen LogP contribution in [0.25, 0.3) is 0 Å². The third-order valence-electron chi connectivity index (χ3n) is 4.59. The van der Waals surface area contributed by atoms with Crippen molar-refractivity contribution in [3.05, 3.63) is 64.7 Å². The lowest BCUT2D eigenvalue weighted by Gasteiger charge is -2.14. The number of anilines is 1. The van der Waals surface area contributed by atoms with Gasteiger partial charge in [0, 0.05) is 0 Å². The Labute approximate surface area is 133 Å². The first-order valence-corrected chi connectivity index (χ1v) is 8.06. The summed E-state index contributed by atoms with van der Waals surface area (Å²) in [6.07, 6.45) is 2.29. The predicted octanol–water partition coefficient (Wildman–Crippen LogP) is 4.23. The van der Waals surface area contributed by atoms with Crippen LogP contribution >= 0.6 is 0 Å². The minimum Gasteiger partial charge on any atom is -0.257 e. The van der Waals surface area contributed by atoms with Crippen LogP contribution in [-0.2, 0) is 0 Å². The zero-order valence-electron chi connectivity index (χ0n) is 14.0. The van der Waals surface area contributed by atoms with Gasteiger partial charge in [-0.1, -0.05) is 48.0 Å². The van der Waals surface area contributed by atoms with E-state index in [1.807, 2.05) is 0 Å². The summed E-state index contributed by atoms with van der Waals surface area (Å²) in [5.41, 5.74) is 6.81. The zero-order chi connectivity index (χ0) is 15.7. The molecule has 2 heteroatoms. The van der Waals surface area contributed by atoms with E-state index in [0.29, 0.717) is 6.04 Å². The molecule has 0 N–H and O–H groups in total. The smallest absolute Gasteiger partial charge is 0.240 e. The minimum atomic E-state index is 0.414. The number of hydrogen-bond acceptors (Lipinski definition) is 1. The quantitative estimate of drug-likeness (QED) is 0.767. The summed E-state index contributed by atoms with van der Waals surface area (Å²) in [4.78, 5) is 2.41. The highest BCUT2D eigenvalue weighted by Gasteiger charge is 2.27. The number of benzene rings is 2. The second-order valence-electron chi connectivity index (χ2n) is 6.38. The van der Waals surface area contributed by atoms with Gasteiger partial charge in [-0.2, -0.15) is 0 Å². The SMILES string of the molecule is Cc1cc(C)c(N2C=[N+]([C@H](C)c3ccccc3)CC2)c(C)c1. The molecule has 0 saturated carbocycles. The van der Waals surface area contributed by atoms with E-state index in [2.05, 4.69) is 86.0 Å². The summed E-state index contributed by atoms with van der Waals surface area (Å²) in [5.74, 6) is 0. The Kier molecular flexibility index (Phi) is 4.02. The summed E-state index contributed by atoms with van der Waals surface area (Å²) < 4.78 is 2.44. The maximum atomic E-state index is 2.44. The van der Waals surface area contributed by atoms with Crippen LogP contribution in [0.4, 0.5) is 5.69 Å². The molecular formula is C20H25N2+. The van der Waals surface area contributed by atoms with E-state index >= 15 is 0 Å². The lowest BCUT2D eigenvalue weighted by molar-refractivity contribution is -0.555. The molecule has 1 atom stereocenters. The second-order valence-corrected chi connectivity index (χ2v) is 6.38. The van der Waals surface area contributed by atoms with Gasteiger partial charge in [0.15, 0.2) is 0 Å². The Balaban J connectivity index is 1.89. The molecular weight excluding hydrogens is 268 g/mol. The van der Waals surface area contributed by atoms with Crippen LogP contribution in [0.2, 0.25) is 0 Å². The first kappa shape index (κ1) is 14.8. The van der Waals surface area contributed by atoms with Gasteiger partial charge in [0.05, 0.1) is 0 Å². The van der Waals surface area contributed by atoms with E-state index in [-0.39, 0.29) is 0 Å². The van der Waals surface area contributed by atoms with Crippen molar-refractivity contribution in [1.82, 2.24) is 0 Å². The molecule has 2 aromatic carbocycles. The van der Waals surface area contributed by atoms with E-state index in [0.717, 1.165) is 13.1 Å². The molecule has 22 heavy (non-hydrogen) atoms. The Morgan fingerprint density at radius 2 is 1.64 bits per heavy atom. The standard InChI is InChI=1S/C20H25N2/c1-15-12-16(2)20(17(3)13-15)22-11-10-21(14-22)18(4)19-8-6-5-7-9-19/h5-9,12-14,18H,10-11H2,1-4H3/q+1/t18-/m1/s1. The first-order valence-electron chi connectivity index (χ1n) is 8.06. The second kappa shape index (κ2) is 5.96. The van der Waals surface area contributed by atoms with Crippen LogP contribution in [0.5, 0.6) is 0 Å². The summed E-state index contributed by atoms with van der Waals surface area (Å²) in [6, 6.07) is 15.7. The molecule has 0 radical (unpaired) electrons. The average molecular weight is 293 g/mol. The van der Waals surface area contributed by atoms with Gasteiger partial charge in [-0.05, 0) is 44.4 Å². The highest BCUT2D eigenvalue weighted by atomic mass is 15.3. The maximum absolute atomic E-state index is 2.44. The van der Waals surface area contributed by atoms with Crippen LogP contribution in [0, 0.1) is 20.8 Å². The predicted molar refractivity (Wildman–Crippen MR) is 94.0 cm³/mol. The van der Waals surface area contributed by atoms with Crippen molar-refractivity contribution in [1.29, 1.82) is 0 Å². The van der Waals surface area contributed by atoms with Gasteiger partial charge in [0.2, 0.25) is 6.34 Å². The van der Waals surface area contributed by atoms with Crippen molar-refractivity contribution in [2.24, 2.45) is 0 Å². The molecule has 1 heterocycles. The maximum Gasteiger partial charge on any atom is 0.240 e. The van der Waals surface area contributed by atoms with Gasteiger partial charge in [0.1, 0.15) is 24.8 Å². The molecule has 1 aliphatic heterocycles. The van der Waals surface area contributed by atoms with E-state index in [1.165, 1.54) is 27.9 Å². The van der Waals surface area contributed by atoms with Crippen LogP contribution in [0.15, 0.2) is 42.5 Å². The van der Waals surface area contributed by atoms with Gasteiger partial charge < -0.3 is 0 Å². The van der Waals surface area contributed by atoms with Gasteiger partial charge in [0.25, 0.3) is 0 Å². The Morgan fingerprint density at radius 1 is 1.00 bits per heavy atom. The molecule has 0 amide bonds. The van der Waals surface area contributed by atoms with E-state index in [4.69, 9.17) is 0 Å². The van der Waals surface area contributed by atoms with Crippen molar-refractivity contribution in [3.63, 3.8) is 0 Å². The van der Waals surface area contributed by atoms with Crippen LogP contribution in [-0.4, -0.2) is 24.0 Å². The molecule has 2 aromatic rings. The summed E-state index contributed by atoms with van der Waals surface area (Å²) in [7, 11) is 0. The number of hydrogen-bond donors (Lipinski definition) is 0. The van der Waals surface area contributed by atoms with Crippen LogP contribution in [0.3, 0.4) is 0 Å². The fourth-order valence-electron chi connectivity index (χ4n) is 3.53. The highest BCUT2D eigenvalue weighted by molar-refractivity contribution is 5.81. The monoisotopic (exact) mass is 293 g/mol. The van der Waals surface area contributed by atoms with Crippen molar-refractivity contribution < 1.29 is 4.58 Å². The number of aryl methyl sites for hydroxylation is 3. The average Bonchev–Trinajstić information content (AvgIpc) is 2.96. The number of rotatable bonds is 3. The van der Waals surface area contributed by atoms with Crippen LogP contribution < -0.4 is 4.90 Å². The lowest BCUT2D eigenvalue weighted by atomic mass is 10.0. The molecule has 3 rings (SSSR count). The molecule has 0 spiro atoms. The molecule has 2 nitrogen and oxygen atoms in total. The summed E-state index contributed by atoms with van der Waals surface area (Å²) >= 11 is 0. The van der Waals surface area contributed by atoms with Crippen molar-refractivity contribution in [2.75, 3.05) is 18.0 Å². The third-order valence-corrected chi connectivity index (χ3v) is 4.59. The molecule has 1 aliphatic rings. The molecule has 0 unspecified atom stereocenters. The Bertz CT molecular complexity index is 678. The fourth-order valence-corrected chi connectivity index (χ4v) is 3.53. The number of nitrogens with zero attached hydrogens (tertiary/aromatic N) is 2. The van der Waals surface area contributed by atoms with Gasteiger partial charge in [-0.25, -0.2) is 4.90 Å². The van der Waals surface area contributed by atoms with E-state index in [9.17, 15) is 0 Å². The first-order chi connectivity index (χ1) is 10.6. The highest BCUT2D eigenvalue weighted by Crippen LogP contribution is 2.27. The van der Waals surface area contributed by atoms with E-state index < -0.39 is 0 Å². The van der Waals surface area contributed by atoms with Gasteiger partial charge in [-0.15, -0.1) is 0 Å². The third kappa shape index (κ3) is 2.78. The van der Waals surface area contributed by atoms with Crippen LogP contribution in [0.1, 0.15) is 35.2 Å². The van der Waals surface area contributed by atoms with Gasteiger partial charge >= 0.3 is 0 Å². The molecule has 0 aliphatic carbocycles. The largest absolute Gasteiger partial charge is 0.257 e. The topological polar surface area (TPSA) is 6.25 Å². The van der Waals surface area contributed by atoms with Gasteiger partial charge in [-0.3, -0.25) is 4.58 Å². The summed E-state index contributed by atoms with van der Waals surface area (Å²) in [6.45, 7) is 11.0. The Morgan fingerprint density at radius 3 is 2.27 bits per heavy atom. The molecule has 0 fully saturated rings. The fraction of sp³-hybridized carbons (Fsp3) is 0.350. The molecule has 0 aromatic heterocycles. The van der Waals surface area contributed by atoms with Crippen molar-refractivity contribution >= 4 is 12.0 Å². The van der Waals surface area contributed by atoms with Crippen molar-refractivity contribution in [2.45, 2.75) is 33.7 Å². The minimum absolute atomic E-state index is 0.414. The molecule has 0 bridgehead atoms.